The molecule has 10 heteroatoms. The van der Waals surface area contributed by atoms with Crippen LogP contribution in [0.4, 0.5) is 11.6 Å². The van der Waals surface area contributed by atoms with Crippen molar-refractivity contribution < 1.29 is 13.2 Å². The summed E-state index contributed by atoms with van der Waals surface area (Å²) in [5, 5.41) is 3.23. The zero-order valence-corrected chi connectivity index (χ0v) is 24.6. The number of nitrogens with zero attached hydrogens (tertiary/aromatic N) is 4. The lowest BCUT2D eigenvalue weighted by Crippen LogP contribution is -2.41. The van der Waals surface area contributed by atoms with Crippen molar-refractivity contribution in [2.24, 2.45) is 5.92 Å². The lowest BCUT2D eigenvalue weighted by Gasteiger charge is -2.34. The maximum atomic E-state index is 13.5. The Kier molecular flexibility index (Phi) is 7.33. The topological polar surface area (TPSA) is 117 Å². The van der Waals surface area contributed by atoms with Gasteiger partial charge in [0.15, 0.2) is 5.03 Å². The van der Waals surface area contributed by atoms with E-state index in [0.29, 0.717) is 24.0 Å². The van der Waals surface area contributed by atoms with E-state index in [-0.39, 0.29) is 27.6 Å². The summed E-state index contributed by atoms with van der Waals surface area (Å²) in [6.07, 6.45) is 5.18. The number of fused-ring (bicyclic) bond motifs is 6. The summed E-state index contributed by atoms with van der Waals surface area (Å²) >= 11 is 0. The van der Waals surface area contributed by atoms with Crippen LogP contribution in [0.5, 0.6) is 0 Å². The number of pyridine rings is 3. The van der Waals surface area contributed by atoms with Crippen molar-refractivity contribution in [1.82, 2.24) is 19.7 Å². The number of anilines is 2. The summed E-state index contributed by atoms with van der Waals surface area (Å²) in [5.41, 5.74) is 1.52. The Morgan fingerprint density at radius 2 is 1.82 bits per heavy atom. The average molecular weight is 563 g/mol. The van der Waals surface area contributed by atoms with Crippen molar-refractivity contribution in [2.45, 2.75) is 82.3 Å². The Morgan fingerprint density at radius 3 is 2.55 bits per heavy atom. The van der Waals surface area contributed by atoms with Crippen LogP contribution in [0.25, 0.3) is 0 Å². The van der Waals surface area contributed by atoms with Crippen LogP contribution in [-0.4, -0.2) is 47.4 Å². The maximum absolute atomic E-state index is 13.5. The Labute approximate surface area is 236 Å². The van der Waals surface area contributed by atoms with Gasteiger partial charge in [0.1, 0.15) is 11.6 Å². The number of hydrogen-bond acceptors (Lipinski definition) is 8. The lowest BCUT2D eigenvalue weighted by atomic mass is 9.90. The molecular weight excluding hydrogens is 524 g/mol. The van der Waals surface area contributed by atoms with Crippen LogP contribution in [-0.2, 0) is 21.9 Å². The van der Waals surface area contributed by atoms with Gasteiger partial charge in [-0.15, -0.1) is 0 Å². The van der Waals surface area contributed by atoms with Crippen LogP contribution in [0.15, 0.2) is 59.8 Å². The Hall–Kier alpha value is -3.53. The van der Waals surface area contributed by atoms with Gasteiger partial charge in [0.25, 0.3) is 15.9 Å². The first kappa shape index (κ1) is 28.0. The summed E-state index contributed by atoms with van der Waals surface area (Å²) in [6, 6.07) is 14.1. The van der Waals surface area contributed by atoms with Gasteiger partial charge in [-0.25, -0.2) is 14.7 Å². The van der Waals surface area contributed by atoms with E-state index < -0.39 is 15.9 Å². The average Bonchev–Trinajstić information content (AvgIpc) is 3.20. The number of carbonyl (C=O) groups excluding carboxylic acids is 1. The van der Waals surface area contributed by atoms with E-state index in [9.17, 15) is 13.2 Å². The maximum Gasteiger partial charge on any atom is 0.281 e. The van der Waals surface area contributed by atoms with Gasteiger partial charge in [-0.05, 0) is 75.4 Å². The van der Waals surface area contributed by atoms with E-state index in [1.54, 1.807) is 24.4 Å². The Morgan fingerprint density at radius 1 is 1.02 bits per heavy atom. The van der Waals surface area contributed by atoms with Gasteiger partial charge in [-0.1, -0.05) is 32.9 Å². The number of rotatable bonds is 2. The second-order valence-electron chi connectivity index (χ2n) is 12.6. The van der Waals surface area contributed by atoms with Crippen LogP contribution in [0.3, 0.4) is 0 Å². The van der Waals surface area contributed by atoms with Gasteiger partial charge >= 0.3 is 0 Å². The van der Waals surface area contributed by atoms with Crippen LogP contribution < -0.4 is 14.9 Å². The molecule has 0 aromatic carbocycles. The minimum Gasteiger partial charge on any atom is -0.367 e. The van der Waals surface area contributed by atoms with E-state index >= 15 is 0 Å². The fraction of sp³-hybridized carbons (Fsp3) is 0.467. The van der Waals surface area contributed by atoms with Crippen molar-refractivity contribution in [3.05, 3.63) is 71.7 Å². The molecule has 0 spiro atoms. The first-order valence-electron chi connectivity index (χ1n) is 13.8. The molecule has 1 saturated heterocycles. The molecule has 1 fully saturated rings. The number of sulfonamides is 1. The van der Waals surface area contributed by atoms with Crippen molar-refractivity contribution in [1.29, 1.82) is 0 Å². The fourth-order valence-electron chi connectivity index (χ4n) is 5.72. The van der Waals surface area contributed by atoms with Crippen molar-refractivity contribution in [3.8, 4) is 0 Å². The Bertz CT molecular complexity index is 1500. The highest BCUT2D eigenvalue weighted by Crippen LogP contribution is 2.40. The van der Waals surface area contributed by atoms with Gasteiger partial charge in [-0.2, -0.15) is 8.42 Å². The molecule has 3 aromatic heterocycles. The minimum atomic E-state index is -4.24. The van der Waals surface area contributed by atoms with Crippen molar-refractivity contribution in [2.75, 3.05) is 16.8 Å². The summed E-state index contributed by atoms with van der Waals surface area (Å²) in [5.74, 6) is 0.612. The largest absolute Gasteiger partial charge is 0.367 e. The van der Waals surface area contributed by atoms with Gasteiger partial charge in [0, 0.05) is 47.5 Å². The van der Waals surface area contributed by atoms with E-state index in [0.717, 1.165) is 37.2 Å². The molecule has 0 aliphatic carbocycles. The molecule has 5 rings (SSSR count). The van der Waals surface area contributed by atoms with Crippen molar-refractivity contribution >= 4 is 27.6 Å². The molecule has 2 atom stereocenters. The summed E-state index contributed by atoms with van der Waals surface area (Å²) in [6.45, 7) is 11.3. The summed E-state index contributed by atoms with van der Waals surface area (Å²) in [7, 11) is -4.24. The summed E-state index contributed by atoms with van der Waals surface area (Å²) in [4.78, 5) is 29.6. The van der Waals surface area contributed by atoms with E-state index in [2.05, 4.69) is 59.5 Å². The molecule has 4 bridgehead atoms. The van der Waals surface area contributed by atoms with E-state index in [4.69, 9.17) is 4.98 Å². The number of amides is 1. The molecule has 1 unspecified atom stereocenters. The zero-order valence-electron chi connectivity index (χ0n) is 23.8. The quantitative estimate of drug-likeness (QED) is 0.461. The zero-order chi connectivity index (χ0) is 28.7. The van der Waals surface area contributed by atoms with E-state index in [1.807, 2.05) is 24.3 Å². The monoisotopic (exact) mass is 562 g/mol. The van der Waals surface area contributed by atoms with E-state index in [1.165, 1.54) is 6.07 Å². The molecule has 0 radical (unpaired) electrons. The third-order valence-corrected chi connectivity index (χ3v) is 9.02. The fourth-order valence-corrected chi connectivity index (χ4v) is 6.65. The van der Waals surface area contributed by atoms with Gasteiger partial charge < -0.3 is 10.2 Å². The van der Waals surface area contributed by atoms with Crippen LogP contribution in [0, 0.1) is 5.92 Å². The Balaban J connectivity index is 1.59. The van der Waals surface area contributed by atoms with Gasteiger partial charge in [0.05, 0.1) is 5.56 Å². The minimum absolute atomic E-state index is 0.00450. The molecule has 5 heterocycles. The second kappa shape index (κ2) is 10.5. The lowest BCUT2D eigenvalue weighted by molar-refractivity contribution is 0.0981. The SMILES string of the molecule is CC(C)(C)c1ccc2c(n1)N1C[C@@H](CCC(Cc3ccccn3)Nc3cccc(n3)S(=O)(=O)NC2=O)CC1(C)C. The normalized spacial score (nSPS) is 22.3. The third kappa shape index (κ3) is 5.96. The summed E-state index contributed by atoms with van der Waals surface area (Å²) < 4.78 is 28.9. The molecule has 212 valence electrons. The molecule has 2 aliphatic rings. The number of hydrogen-bond donors (Lipinski definition) is 2. The molecule has 0 saturated carbocycles. The molecular formula is C30H38N6O3S. The van der Waals surface area contributed by atoms with Crippen LogP contribution in [0.1, 0.15) is 75.6 Å². The third-order valence-electron chi connectivity index (χ3n) is 7.79. The number of carbonyl (C=O) groups is 1. The predicted octanol–water partition coefficient (Wildman–Crippen LogP) is 4.71. The highest BCUT2D eigenvalue weighted by molar-refractivity contribution is 7.90. The first-order valence-corrected chi connectivity index (χ1v) is 15.3. The number of aromatic nitrogens is 3. The van der Waals surface area contributed by atoms with Crippen LogP contribution >= 0.6 is 0 Å². The molecule has 2 aliphatic heterocycles. The number of nitrogens with one attached hydrogen (secondary N) is 2. The molecule has 1 amide bonds. The van der Waals surface area contributed by atoms with Gasteiger partial charge in [-0.3, -0.25) is 9.78 Å². The standard InChI is InChI=1S/C30H38N6O3S/c1-29(2,3)24-15-14-23-27(33-24)36-19-20(18-30(36,4)5)12-13-22(17-21-9-6-7-16-31-21)32-25-10-8-11-26(34-25)40(38,39)35-28(23)37/h6-11,14-16,20,22H,12-13,17-19H2,1-5H3,(H,32,34)(H,35,37)/t20-,22?/m0/s1. The van der Waals surface area contributed by atoms with Gasteiger partial charge in [0.2, 0.25) is 0 Å². The highest BCUT2D eigenvalue weighted by atomic mass is 32.2. The molecule has 2 N–H and O–H groups in total. The smallest absolute Gasteiger partial charge is 0.281 e. The van der Waals surface area contributed by atoms with Crippen LogP contribution in [0.2, 0.25) is 0 Å². The predicted molar refractivity (Wildman–Crippen MR) is 156 cm³/mol. The second-order valence-corrected chi connectivity index (χ2v) is 14.2. The first-order chi connectivity index (χ1) is 18.8. The molecule has 40 heavy (non-hydrogen) atoms. The molecule has 3 aromatic rings. The van der Waals surface area contributed by atoms with Crippen molar-refractivity contribution in [3.63, 3.8) is 0 Å². The highest BCUT2D eigenvalue weighted by Gasteiger charge is 2.41. The molecule has 9 nitrogen and oxygen atoms in total.